The van der Waals surface area contributed by atoms with E-state index in [0.29, 0.717) is 0 Å². The molecule has 1 atom stereocenters. The Morgan fingerprint density at radius 2 is 1.90 bits per heavy atom. The van der Waals surface area contributed by atoms with Crippen LogP contribution in [0.2, 0.25) is 0 Å². The van der Waals surface area contributed by atoms with Gasteiger partial charge in [-0.3, -0.25) is 0 Å². The van der Waals surface area contributed by atoms with Crippen LogP contribution in [0.25, 0.3) is 22.0 Å². The van der Waals surface area contributed by atoms with E-state index in [1.807, 2.05) is 6.92 Å². The predicted octanol–water partition coefficient (Wildman–Crippen LogP) is 4.55. The fraction of sp³-hybridized carbons (Fsp3) is 0.235. The van der Waals surface area contributed by atoms with Crippen molar-refractivity contribution in [2.75, 3.05) is 0 Å². The molecule has 3 rings (SSSR count). The van der Waals surface area contributed by atoms with E-state index in [9.17, 15) is 0 Å². The van der Waals surface area contributed by atoms with E-state index in [1.54, 1.807) is 11.3 Å². The van der Waals surface area contributed by atoms with Crippen LogP contribution in [-0.2, 0) is 5.54 Å². The lowest BCUT2D eigenvalue weighted by atomic mass is 10.0. The summed E-state index contributed by atoms with van der Waals surface area (Å²) in [5.41, 5.74) is 8.10. The molecular weight excluding hydrogens is 264 g/mol. The molecule has 20 heavy (non-hydrogen) atoms. The van der Waals surface area contributed by atoms with E-state index in [0.717, 1.165) is 22.7 Å². The lowest BCUT2D eigenvalue weighted by Gasteiger charge is -2.18. The zero-order valence-electron chi connectivity index (χ0n) is 11.8. The SMILES string of the molecule is CCC(C)(N)c1nc(-c2ccc3ccccc3c2)cs1. The van der Waals surface area contributed by atoms with Gasteiger partial charge in [0.25, 0.3) is 0 Å². The van der Waals surface area contributed by atoms with Crippen LogP contribution in [0, 0.1) is 0 Å². The van der Waals surface area contributed by atoms with E-state index in [2.05, 4.69) is 54.8 Å². The van der Waals surface area contributed by atoms with E-state index >= 15 is 0 Å². The van der Waals surface area contributed by atoms with E-state index in [4.69, 9.17) is 10.7 Å². The molecule has 2 aromatic carbocycles. The minimum absolute atomic E-state index is 0.334. The molecule has 1 unspecified atom stereocenters. The molecule has 0 saturated heterocycles. The molecular formula is C17H18N2S. The van der Waals surface area contributed by atoms with Gasteiger partial charge in [0.2, 0.25) is 0 Å². The van der Waals surface area contributed by atoms with Crippen LogP contribution in [-0.4, -0.2) is 4.98 Å². The van der Waals surface area contributed by atoms with Crippen molar-refractivity contribution < 1.29 is 0 Å². The van der Waals surface area contributed by atoms with Gasteiger partial charge in [-0.25, -0.2) is 4.98 Å². The fourth-order valence-corrected chi connectivity index (χ4v) is 3.15. The predicted molar refractivity (Wildman–Crippen MR) is 86.9 cm³/mol. The molecule has 0 amide bonds. The zero-order chi connectivity index (χ0) is 14.2. The number of nitrogens with zero attached hydrogens (tertiary/aromatic N) is 1. The van der Waals surface area contributed by atoms with E-state index in [1.165, 1.54) is 10.8 Å². The van der Waals surface area contributed by atoms with Crippen LogP contribution < -0.4 is 5.73 Å². The lowest BCUT2D eigenvalue weighted by molar-refractivity contribution is 0.474. The Morgan fingerprint density at radius 3 is 2.65 bits per heavy atom. The molecule has 2 N–H and O–H groups in total. The Morgan fingerprint density at radius 1 is 1.15 bits per heavy atom. The first kappa shape index (κ1) is 13.3. The minimum atomic E-state index is -0.334. The Kier molecular flexibility index (Phi) is 3.32. The minimum Gasteiger partial charge on any atom is -0.320 e. The molecule has 0 radical (unpaired) electrons. The van der Waals surface area contributed by atoms with Crippen LogP contribution >= 0.6 is 11.3 Å². The van der Waals surface area contributed by atoms with Gasteiger partial charge in [0, 0.05) is 10.9 Å². The van der Waals surface area contributed by atoms with Gasteiger partial charge >= 0.3 is 0 Å². The average Bonchev–Trinajstić information content (AvgIpc) is 2.97. The highest BCUT2D eigenvalue weighted by Gasteiger charge is 2.22. The number of aromatic nitrogens is 1. The summed E-state index contributed by atoms with van der Waals surface area (Å²) >= 11 is 1.65. The van der Waals surface area contributed by atoms with Crippen LogP contribution in [0.5, 0.6) is 0 Å². The summed E-state index contributed by atoms with van der Waals surface area (Å²) in [6.45, 7) is 4.13. The topological polar surface area (TPSA) is 38.9 Å². The molecule has 3 aromatic rings. The third-order valence-electron chi connectivity index (χ3n) is 3.77. The molecule has 0 aliphatic heterocycles. The van der Waals surface area contributed by atoms with Crippen molar-refractivity contribution in [3.05, 3.63) is 52.9 Å². The standard InChI is InChI=1S/C17H18N2S/c1-3-17(2,18)16-19-15(11-20-16)14-9-8-12-6-4-5-7-13(12)10-14/h4-11H,3,18H2,1-2H3. The molecule has 3 heteroatoms. The Labute approximate surface area is 123 Å². The third kappa shape index (κ3) is 2.35. The van der Waals surface area contributed by atoms with Gasteiger partial charge in [-0.1, -0.05) is 43.3 Å². The highest BCUT2D eigenvalue weighted by molar-refractivity contribution is 7.10. The van der Waals surface area contributed by atoms with E-state index < -0.39 is 0 Å². The summed E-state index contributed by atoms with van der Waals surface area (Å²) in [7, 11) is 0. The Bertz CT molecular complexity index is 743. The first-order valence-electron chi connectivity index (χ1n) is 6.84. The molecule has 0 saturated carbocycles. The summed E-state index contributed by atoms with van der Waals surface area (Å²) in [5, 5.41) is 5.60. The second-order valence-electron chi connectivity index (χ2n) is 5.37. The van der Waals surface area contributed by atoms with Crippen molar-refractivity contribution >= 4 is 22.1 Å². The van der Waals surface area contributed by atoms with Crippen molar-refractivity contribution in [2.45, 2.75) is 25.8 Å². The molecule has 102 valence electrons. The number of hydrogen-bond donors (Lipinski definition) is 1. The van der Waals surface area contributed by atoms with Gasteiger partial charge in [0.1, 0.15) is 5.01 Å². The van der Waals surface area contributed by atoms with Gasteiger partial charge in [0.05, 0.1) is 11.2 Å². The van der Waals surface area contributed by atoms with Gasteiger partial charge < -0.3 is 5.73 Å². The second kappa shape index (κ2) is 5.00. The highest BCUT2D eigenvalue weighted by atomic mass is 32.1. The average molecular weight is 282 g/mol. The molecule has 2 nitrogen and oxygen atoms in total. The summed E-state index contributed by atoms with van der Waals surface area (Å²) in [4.78, 5) is 4.72. The Hall–Kier alpha value is -1.71. The summed E-state index contributed by atoms with van der Waals surface area (Å²) in [6, 6.07) is 14.8. The largest absolute Gasteiger partial charge is 0.320 e. The molecule has 0 aliphatic carbocycles. The number of nitrogens with two attached hydrogens (primary N) is 1. The lowest BCUT2D eigenvalue weighted by Crippen LogP contribution is -2.31. The van der Waals surface area contributed by atoms with Gasteiger partial charge in [-0.2, -0.15) is 0 Å². The maximum Gasteiger partial charge on any atom is 0.113 e. The number of thiazole rings is 1. The van der Waals surface area contributed by atoms with Crippen molar-refractivity contribution in [3.63, 3.8) is 0 Å². The molecule has 0 fully saturated rings. The van der Waals surface area contributed by atoms with Crippen LogP contribution in [0.15, 0.2) is 47.8 Å². The van der Waals surface area contributed by atoms with Crippen molar-refractivity contribution in [2.24, 2.45) is 5.73 Å². The van der Waals surface area contributed by atoms with Gasteiger partial charge in [-0.15, -0.1) is 11.3 Å². The number of benzene rings is 2. The molecule has 1 aromatic heterocycles. The number of rotatable bonds is 3. The summed E-state index contributed by atoms with van der Waals surface area (Å²) in [6.07, 6.45) is 0.887. The van der Waals surface area contributed by atoms with Crippen LogP contribution in [0.1, 0.15) is 25.3 Å². The summed E-state index contributed by atoms with van der Waals surface area (Å²) in [5.74, 6) is 0. The van der Waals surface area contributed by atoms with Crippen LogP contribution in [0.3, 0.4) is 0 Å². The van der Waals surface area contributed by atoms with Crippen molar-refractivity contribution in [1.29, 1.82) is 0 Å². The monoisotopic (exact) mass is 282 g/mol. The zero-order valence-corrected chi connectivity index (χ0v) is 12.6. The maximum atomic E-state index is 6.27. The van der Waals surface area contributed by atoms with Crippen LogP contribution in [0.4, 0.5) is 0 Å². The molecule has 0 spiro atoms. The summed E-state index contributed by atoms with van der Waals surface area (Å²) < 4.78 is 0. The highest BCUT2D eigenvalue weighted by Crippen LogP contribution is 2.30. The molecule has 0 bridgehead atoms. The van der Waals surface area contributed by atoms with Crippen molar-refractivity contribution in [1.82, 2.24) is 4.98 Å². The first-order valence-corrected chi connectivity index (χ1v) is 7.72. The van der Waals surface area contributed by atoms with Gasteiger partial charge in [-0.05, 0) is 30.2 Å². The number of fused-ring (bicyclic) bond motifs is 1. The first-order chi connectivity index (χ1) is 9.60. The van der Waals surface area contributed by atoms with E-state index in [-0.39, 0.29) is 5.54 Å². The smallest absolute Gasteiger partial charge is 0.113 e. The third-order valence-corrected chi connectivity index (χ3v) is 4.89. The Balaban J connectivity index is 2.03. The second-order valence-corrected chi connectivity index (χ2v) is 6.23. The van der Waals surface area contributed by atoms with Crippen molar-refractivity contribution in [3.8, 4) is 11.3 Å². The quantitative estimate of drug-likeness (QED) is 0.765. The van der Waals surface area contributed by atoms with Gasteiger partial charge in [0.15, 0.2) is 0 Å². The molecule has 0 aliphatic rings. The maximum absolute atomic E-state index is 6.27. The normalized spacial score (nSPS) is 14.3. The fourth-order valence-electron chi connectivity index (χ4n) is 2.17. The molecule has 1 heterocycles. The number of hydrogen-bond acceptors (Lipinski definition) is 3.